The molecule has 2 nitrogen and oxygen atoms in total. The van der Waals surface area contributed by atoms with E-state index in [2.05, 4.69) is 5.32 Å². The fourth-order valence-corrected chi connectivity index (χ4v) is 6.59. The summed E-state index contributed by atoms with van der Waals surface area (Å²) in [4.78, 5) is 13.7. The third-order valence-electron chi connectivity index (χ3n) is 6.46. The van der Waals surface area contributed by atoms with Gasteiger partial charge in [0.05, 0.1) is 5.41 Å². The Balaban J connectivity index is 1.41. The quantitative estimate of drug-likeness (QED) is 0.745. The van der Waals surface area contributed by atoms with Crippen molar-refractivity contribution in [1.82, 2.24) is 5.32 Å². The molecule has 1 aromatic rings. The Morgan fingerprint density at radius 2 is 1.72 bits per heavy atom. The van der Waals surface area contributed by atoms with Crippen molar-refractivity contribution in [3.63, 3.8) is 0 Å². The zero-order valence-electron chi connectivity index (χ0n) is 15.2. The predicted molar refractivity (Wildman–Crippen MR) is 100.0 cm³/mol. The van der Waals surface area contributed by atoms with Crippen LogP contribution >= 0.6 is 11.8 Å². The molecule has 136 valence electrons. The van der Waals surface area contributed by atoms with Gasteiger partial charge in [-0.25, -0.2) is 4.39 Å². The van der Waals surface area contributed by atoms with Crippen LogP contribution in [0.15, 0.2) is 29.2 Å². The van der Waals surface area contributed by atoms with E-state index in [4.69, 9.17) is 0 Å². The molecule has 1 amide bonds. The summed E-state index contributed by atoms with van der Waals surface area (Å²) in [5.74, 6) is 2.99. The highest BCUT2D eigenvalue weighted by Gasteiger charge is 2.52. The smallest absolute Gasteiger partial charge is 0.226 e. The summed E-state index contributed by atoms with van der Waals surface area (Å²) in [7, 11) is 0. The summed E-state index contributed by atoms with van der Waals surface area (Å²) in [6.45, 7) is 3.97. The highest BCUT2D eigenvalue weighted by atomic mass is 32.2. The number of thioether (sulfide) groups is 1. The maximum absolute atomic E-state index is 13.8. The van der Waals surface area contributed by atoms with Crippen LogP contribution in [0.1, 0.15) is 52.4 Å². The molecular weight excluding hydrogens is 333 g/mol. The minimum Gasteiger partial charge on any atom is -0.350 e. The third-order valence-corrected chi connectivity index (χ3v) is 7.96. The second-order valence-electron chi connectivity index (χ2n) is 9.25. The first kappa shape index (κ1) is 17.4. The molecule has 0 saturated heterocycles. The number of rotatable bonds is 5. The fourth-order valence-electron chi connectivity index (χ4n) is 5.56. The van der Waals surface area contributed by atoms with E-state index in [1.165, 1.54) is 56.4 Å². The van der Waals surface area contributed by atoms with E-state index in [-0.39, 0.29) is 17.3 Å². The lowest BCUT2D eigenvalue weighted by Gasteiger charge is -2.57. The molecule has 0 spiro atoms. The number of nitrogens with one attached hydrogen (secondary N) is 1. The molecule has 0 atom stereocenters. The van der Waals surface area contributed by atoms with Crippen molar-refractivity contribution in [2.45, 2.75) is 62.8 Å². The summed E-state index contributed by atoms with van der Waals surface area (Å²) in [6.07, 6.45) is 7.63. The van der Waals surface area contributed by atoms with Crippen LogP contribution in [0.3, 0.4) is 0 Å². The van der Waals surface area contributed by atoms with Gasteiger partial charge in [-0.3, -0.25) is 4.79 Å². The predicted octanol–water partition coefficient (Wildman–Crippen LogP) is 5.03. The van der Waals surface area contributed by atoms with Gasteiger partial charge in [-0.1, -0.05) is 26.0 Å². The zero-order valence-corrected chi connectivity index (χ0v) is 16.0. The van der Waals surface area contributed by atoms with Gasteiger partial charge in [0.15, 0.2) is 0 Å². The van der Waals surface area contributed by atoms with Gasteiger partial charge in [0.2, 0.25) is 5.91 Å². The fraction of sp³-hybridized carbons (Fsp3) is 0.667. The Labute approximate surface area is 154 Å². The Bertz CT molecular complexity index is 636. The first-order valence-electron chi connectivity index (χ1n) is 9.55. The van der Waals surface area contributed by atoms with Gasteiger partial charge in [0.25, 0.3) is 0 Å². The van der Waals surface area contributed by atoms with Gasteiger partial charge in [0, 0.05) is 16.2 Å². The van der Waals surface area contributed by atoms with Crippen molar-refractivity contribution >= 4 is 17.7 Å². The van der Waals surface area contributed by atoms with Crippen LogP contribution in [-0.4, -0.2) is 17.2 Å². The van der Waals surface area contributed by atoms with E-state index in [9.17, 15) is 9.18 Å². The number of hydrogen-bond acceptors (Lipinski definition) is 2. The van der Waals surface area contributed by atoms with Crippen molar-refractivity contribution in [2.24, 2.45) is 23.2 Å². The van der Waals surface area contributed by atoms with Crippen molar-refractivity contribution in [2.75, 3.05) is 5.75 Å². The van der Waals surface area contributed by atoms with Gasteiger partial charge in [-0.15, -0.1) is 11.8 Å². The van der Waals surface area contributed by atoms with Crippen LogP contribution in [0.4, 0.5) is 4.39 Å². The van der Waals surface area contributed by atoms with E-state index in [1.54, 1.807) is 12.1 Å². The lowest BCUT2D eigenvalue weighted by Crippen LogP contribution is -2.61. The maximum Gasteiger partial charge on any atom is 0.226 e. The standard InChI is InChI=1S/C21H28FNOS/c1-20(2,13-25-18-6-4-3-5-17(18)22)19(24)23-21-10-14-7-15(11-21)9-16(8-14)12-21/h3-6,14-16H,7-13H2,1-2H3,(H,23,24). The molecule has 4 aliphatic rings. The average molecular weight is 362 g/mol. The van der Waals surface area contributed by atoms with Crippen LogP contribution in [0, 0.1) is 29.0 Å². The summed E-state index contributed by atoms with van der Waals surface area (Å²) in [5.41, 5.74) is -0.456. The second kappa shape index (κ2) is 6.29. The Hall–Kier alpha value is -1.03. The Morgan fingerprint density at radius 1 is 1.16 bits per heavy atom. The summed E-state index contributed by atoms with van der Waals surface area (Å²) in [5, 5.41) is 3.47. The number of carbonyl (C=O) groups excluding carboxylic acids is 1. The van der Waals surface area contributed by atoms with Crippen molar-refractivity contribution in [3.8, 4) is 0 Å². The summed E-state index contributed by atoms with van der Waals surface area (Å²) in [6, 6.07) is 6.80. The second-order valence-corrected chi connectivity index (χ2v) is 10.3. The first-order valence-corrected chi connectivity index (χ1v) is 10.5. The normalized spacial score (nSPS) is 33.5. The molecule has 0 radical (unpaired) electrons. The summed E-state index contributed by atoms with van der Waals surface area (Å²) < 4.78 is 13.8. The van der Waals surface area contributed by atoms with E-state index in [0.29, 0.717) is 10.6 Å². The van der Waals surface area contributed by atoms with Gasteiger partial charge in [0.1, 0.15) is 5.82 Å². The number of amides is 1. The molecule has 4 heteroatoms. The molecule has 4 bridgehead atoms. The molecule has 0 aromatic heterocycles. The minimum atomic E-state index is -0.504. The lowest BCUT2D eigenvalue weighted by atomic mass is 9.53. The van der Waals surface area contributed by atoms with Crippen LogP contribution < -0.4 is 5.32 Å². The number of halogens is 1. The highest BCUT2D eigenvalue weighted by Crippen LogP contribution is 2.55. The summed E-state index contributed by atoms with van der Waals surface area (Å²) >= 11 is 1.44. The Kier molecular flexibility index (Phi) is 4.38. The minimum absolute atomic E-state index is 0.0474. The molecule has 0 heterocycles. The van der Waals surface area contributed by atoms with Crippen molar-refractivity contribution < 1.29 is 9.18 Å². The molecule has 0 aliphatic heterocycles. The molecular formula is C21H28FNOS. The Morgan fingerprint density at radius 3 is 2.28 bits per heavy atom. The van der Waals surface area contributed by atoms with Gasteiger partial charge in [-0.2, -0.15) is 0 Å². The van der Waals surface area contributed by atoms with Crippen LogP contribution in [-0.2, 0) is 4.79 Å². The number of carbonyl (C=O) groups is 1. The molecule has 1 aromatic carbocycles. The largest absolute Gasteiger partial charge is 0.350 e. The molecule has 5 rings (SSSR count). The lowest BCUT2D eigenvalue weighted by molar-refractivity contribution is -0.134. The van der Waals surface area contributed by atoms with E-state index < -0.39 is 5.41 Å². The monoisotopic (exact) mass is 361 g/mol. The van der Waals surface area contributed by atoms with Gasteiger partial charge >= 0.3 is 0 Å². The van der Waals surface area contributed by atoms with Crippen molar-refractivity contribution in [1.29, 1.82) is 0 Å². The molecule has 1 N–H and O–H groups in total. The number of hydrogen-bond donors (Lipinski definition) is 1. The van der Waals surface area contributed by atoms with Crippen LogP contribution in [0.2, 0.25) is 0 Å². The van der Waals surface area contributed by atoms with Crippen LogP contribution in [0.25, 0.3) is 0 Å². The van der Waals surface area contributed by atoms with Crippen LogP contribution in [0.5, 0.6) is 0 Å². The topological polar surface area (TPSA) is 29.1 Å². The maximum atomic E-state index is 13.8. The average Bonchev–Trinajstić information content (AvgIpc) is 2.52. The van der Waals surface area contributed by atoms with E-state index in [0.717, 1.165) is 17.8 Å². The third kappa shape index (κ3) is 3.47. The highest BCUT2D eigenvalue weighted by molar-refractivity contribution is 7.99. The first-order chi connectivity index (χ1) is 11.9. The van der Waals surface area contributed by atoms with E-state index in [1.807, 2.05) is 19.9 Å². The molecule has 4 aliphatic carbocycles. The number of benzene rings is 1. The zero-order chi connectivity index (χ0) is 17.7. The van der Waals surface area contributed by atoms with Gasteiger partial charge in [-0.05, 0) is 68.4 Å². The van der Waals surface area contributed by atoms with Crippen molar-refractivity contribution in [3.05, 3.63) is 30.1 Å². The van der Waals surface area contributed by atoms with E-state index >= 15 is 0 Å². The van der Waals surface area contributed by atoms with Gasteiger partial charge < -0.3 is 5.32 Å². The molecule has 25 heavy (non-hydrogen) atoms. The SMILES string of the molecule is CC(C)(CSc1ccccc1F)C(=O)NC12CC3CC(CC(C3)C1)C2. The molecule has 0 unspecified atom stereocenters. The molecule has 4 fully saturated rings. The molecule has 4 saturated carbocycles.